The number of nitrogens with one attached hydrogen (secondary N) is 1. The van der Waals surface area contributed by atoms with Gasteiger partial charge in [0.15, 0.2) is 0 Å². The van der Waals surface area contributed by atoms with Crippen molar-refractivity contribution in [2.24, 2.45) is 11.7 Å². The average Bonchev–Trinajstić information content (AvgIpc) is 2.15. The normalized spacial score (nSPS) is 14.3. The minimum Gasteiger partial charge on any atom is -0.391 e. The Morgan fingerprint density at radius 1 is 1.40 bits per heavy atom. The fourth-order valence-electron chi connectivity index (χ4n) is 1.37. The Balaban J connectivity index is 0. The lowest BCUT2D eigenvalue weighted by molar-refractivity contribution is -0.122. The largest absolute Gasteiger partial charge is 0.391 e. The van der Waals surface area contributed by atoms with Crippen LogP contribution in [0.25, 0.3) is 0 Å². The van der Waals surface area contributed by atoms with Gasteiger partial charge in [-0.25, -0.2) is 0 Å². The molecule has 0 radical (unpaired) electrons. The zero-order chi connectivity index (χ0) is 11.1. The van der Waals surface area contributed by atoms with Crippen molar-refractivity contribution < 1.29 is 9.90 Å². The van der Waals surface area contributed by atoms with Gasteiger partial charge < -0.3 is 16.2 Å². The summed E-state index contributed by atoms with van der Waals surface area (Å²) in [5.41, 5.74) is 5.37. The van der Waals surface area contributed by atoms with Crippen LogP contribution in [0.1, 0.15) is 33.6 Å². The van der Waals surface area contributed by atoms with Crippen molar-refractivity contribution in [1.29, 1.82) is 0 Å². The molecule has 0 saturated carbocycles. The molecule has 0 bridgehead atoms. The Hall–Kier alpha value is -0.320. The summed E-state index contributed by atoms with van der Waals surface area (Å²) >= 11 is 0. The molecular weight excluding hydrogens is 216 g/mol. The average molecular weight is 239 g/mol. The van der Waals surface area contributed by atoms with E-state index in [2.05, 4.69) is 5.32 Å². The van der Waals surface area contributed by atoms with Gasteiger partial charge in [-0.05, 0) is 12.8 Å². The second-order valence-corrected chi connectivity index (χ2v) is 3.68. The molecule has 0 fully saturated rings. The number of carbonyl (C=O) groups excluding carboxylic acids is 1. The highest BCUT2D eigenvalue weighted by molar-refractivity contribution is 5.85. The third-order valence-electron chi connectivity index (χ3n) is 2.49. The maximum absolute atomic E-state index is 11.1. The number of carbonyl (C=O) groups is 1. The molecule has 0 heterocycles. The standard InChI is InChI=1S/C10H22N2O2.ClH/c1-4-8(5-2)9(13)6-12-10(14)7(3)11;/h7-9,13H,4-6,11H2,1-3H3,(H,12,14);1H/t7-,9?;/m0./s1. The third-order valence-corrected chi connectivity index (χ3v) is 2.49. The van der Waals surface area contributed by atoms with Crippen LogP contribution in [0.3, 0.4) is 0 Å². The van der Waals surface area contributed by atoms with E-state index in [0.29, 0.717) is 6.54 Å². The van der Waals surface area contributed by atoms with Crippen LogP contribution in [0, 0.1) is 5.92 Å². The summed E-state index contributed by atoms with van der Waals surface area (Å²) < 4.78 is 0. The maximum Gasteiger partial charge on any atom is 0.236 e. The van der Waals surface area contributed by atoms with Gasteiger partial charge in [0.05, 0.1) is 12.1 Å². The summed E-state index contributed by atoms with van der Waals surface area (Å²) in [4.78, 5) is 11.1. The van der Waals surface area contributed by atoms with E-state index in [1.54, 1.807) is 6.92 Å². The minimum absolute atomic E-state index is 0. The van der Waals surface area contributed by atoms with Crippen LogP contribution in [0.15, 0.2) is 0 Å². The van der Waals surface area contributed by atoms with Crippen molar-refractivity contribution in [1.82, 2.24) is 5.32 Å². The van der Waals surface area contributed by atoms with Gasteiger partial charge in [-0.3, -0.25) is 4.79 Å². The quantitative estimate of drug-likeness (QED) is 0.637. The number of aliphatic hydroxyl groups excluding tert-OH is 1. The van der Waals surface area contributed by atoms with E-state index in [0.717, 1.165) is 12.8 Å². The Morgan fingerprint density at radius 3 is 2.20 bits per heavy atom. The van der Waals surface area contributed by atoms with Crippen molar-refractivity contribution in [2.45, 2.75) is 45.8 Å². The highest BCUT2D eigenvalue weighted by Gasteiger charge is 2.16. The summed E-state index contributed by atoms with van der Waals surface area (Å²) in [7, 11) is 0. The molecule has 2 atom stereocenters. The van der Waals surface area contributed by atoms with E-state index in [4.69, 9.17) is 5.73 Å². The molecule has 0 aromatic carbocycles. The molecule has 0 spiro atoms. The monoisotopic (exact) mass is 238 g/mol. The van der Waals surface area contributed by atoms with Crippen molar-refractivity contribution in [3.63, 3.8) is 0 Å². The number of nitrogens with two attached hydrogens (primary N) is 1. The zero-order valence-electron chi connectivity index (χ0n) is 9.69. The molecule has 92 valence electrons. The van der Waals surface area contributed by atoms with Crippen molar-refractivity contribution in [3.05, 3.63) is 0 Å². The van der Waals surface area contributed by atoms with Crippen molar-refractivity contribution >= 4 is 18.3 Å². The van der Waals surface area contributed by atoms with Crippen molar-refractivity contribution in [3.8, 4) is 0 Å². The molecule has 0 aliphatic heterocycles. The number of amides is 1. The highest BCUT2D eigenvalue weighted by atomic mass is 35.5. The third kappa shape index (κ3) is 6.71. The van der Waals surface area contributed by atoms with E-state index in [1.165, 1.54) is 0 Å². The second kappa shape index (κ2) is 8.95. The first-order valence-corrected chi connectivity index (χ1v) is 5.24. The minimum atomic E-state index is -0.510. The molecule has 0 rings (SSSR count). The number of halogens is 1. The zero-order valence-corrected chi connectivity index (χ0v) is 10.5. The molecule has 0 aliphatic rings. The maximum atomic E-state index is 11.1. The topological polar surface area (TPSA) is 75.3 Å². The molecule has 0 aromatic heterocycles. The van der Waals surface area contributed by atoms with Crippen LogP contribution < -0.4 is 11.1 Å². The summed E-state index contributed by atoms with van der Waals surface area (Å²) in [6.45, 7) is 5.99. The van der Waals surface area contributed by atoms with E-state index in [1.807, 2.05) is 13.8 Å². The highest BCUT2D eigenvalue weighted by Crippen LogP contribution is 2.11. The van der Waals surface area contributed by atoms with Crippen molar-refractivity contribution in [2.75, 3.05) is 6.54 Å². The van der Waals surface area contributed by atoms with Crippen LogP contribution in [0.4, 0.5) is 0 Å². The Morgan fingerprint density at radius 2 is 1.87 bits per heavy atom. The molecule has 0 aliphatic carbocycles. The van der Waals surface area contributed by atoms with Crippen LogP contribution in [0.5, 0.6) is 0 Å². The predicted molar refractivity (Wildman–Crippen MR) is 64.0 cm³/mol. The predicted octanol–water partition coefficient (Wildman–Crippen LogP) is 0.669. The van der Waals surface area contributed by atoms with Gasteiger partial charge in [0, 0.05) is 6.54 Å². The lowest BCUT2D eigenvalue weighted by atomic mass is 9.96. The number of aliphatic hydroxyl groups is 1. The van der Waals surface area contributed by atoms with Crippen LogP contribution >= 0.6 is 12.4 Å². The molecule has 0 saturated heterocycles. The first-order valence-electron chi connectivity index (χ1n) is 5.24. The smallest absolute Gasteiger partial charge is 0.236 e. The summed E-state index contributed by atoms with van der Waals surface area (Å²) in [5.74, 6) is 0.0402. The SMILES string of the molecule is CCC(CC)C(O)CNC(=O)[C@H](C)N.Cl. The lowest BCUT2D eigenvalue weighted by Crippen LogP contribution is -2.43. The van der Waals surface area contributed by atoms with Gasteiger partial charge in [0.2, 0.25) is 5.91 Å². The number of hydrogen-bond donors (Lipinski definition) is 3. The van der Waals surface area contributed by atoms with Crippen LogP contribution in [-0.4, -0.2) is 29.7 Å². The number of rotatable bonds is 6. The molecule has 0 aromatic rings. The Labute approximate surface area is 98.0 Å². The molecule has 4 N–H and O–H groups in total. The van der Waals surface area contributed by atoms with Gasteiger partial charge in [-0.15, -0.1) is 12.4 Å². The Bertz CT molecular complexity index is 173. The summed E-state index contributed by atoms with van der Waals surface area (Å²) in [6.07, 6.45) is 1.38. The fraction of sp³-hybridized carbons (Fsp3) is 0.900. The first kappa shape index (κ1) is 17.1. The lowest BCUT2D eigenvalue weighted by Gasteiger charge is -2.20. The molecule has 5 heteroatoms. The van der Waals surface area contributed by atoms with Gasteiger partial charge in [-0.1, -0.05) is 26.7 Å². The van der Waals surface area contributed by atoms with Crippen LogP contribution in [-0.2, 0) is 4.79 Å². The van der Waals surface area contributed by atoms with E-state index in [-0.39, 0.29) is 24.2 Å². The molecular formula is C10H23ClN2O2. The van der Waals surface area contributed by atoms with Gasteiger partial charge in [0.1, 0.15) is 0 Å². The second-order valence-electron chi connectivity index (χ2n) is 3.68. The molecule has 1 amide bonds. The van der Waals surface area contributed by atoms with Crippen LogP contribution in [0.2, 0.25) is 0 Å². The van der Waals surface area contributed by atoms with Gasteiger partial charge >= 0.3 is 0 Å². The van der Waals surface area contributed by atoms with E-state index >= 15 is 0 Å². The Kier molecular flexibility index (Phi) is 10.2. The van der Waals surface area contributed by atoms with Gasteiger partial charge in [0.25, 0.3) is 0 Å². The van der Waals surface area contributed by atoms with Gasteiger partial charge in [-0.2, -0.15) is 0 Å². The summed E-state index contributed by atoms with van der Waals surface area (Å²) in [6, 6.07) is -0.510. The molecule has 1 unspecified atom stereocenters. The fourth-order valence-corrected chi connectivity index (χ4v) is 1.37. The molecule has 15 heavy (non-hydrogen) atoms. The van der Waals surface area contributed by atoms with E-state index in [9.17, 15) is 9.90 Å². The number of hydrogen-bond acceptors (Lipinski definition) is 3. The first-order chi connectivity index (χ1) is 6.52. The summed E-state index contributed by atoms with van der Waals surface area (Å²) in [5, 5.41) is 12.3. The van der Waals surface area contributed by atoms with E-state index < -0.39 is 12.1 Å². The molecule has 4 nitrogen and oxygen atoms in total.